The molecule has 3 aromatic rings. The van der Waals surface area contributed by atoms with Crippen molar-refractivity contribution < 1.29 is 27.5 Å². The number of halogens is 3. The molecule has 4 atom stereocenters. The zero-order chi connectivity index (χ0) is 31.5. The third-order valence-corrected chi connectivity index (χ3v) is 9.39. The van der Waals surface area contributed by atoms with Crippen molar-refractivity contribution in [1.82, 2.24) is 19.5 Å². The predicted molar refractivity (Wildman–Crippen MR) is 168 cm³/mol. The summed E-state index contributed by atoms with van der Waals surface area (Å²) in [6, 6.07) is 9.75. The number of aromatic nitrogens is 1. The van der Waals surface area contributed by atoms with Crippen LogP contribution in [0.25, 0.3) is 5.52 Å². The molecule has 7 rings (SSSR count). The molecule has 2 amide bonds. The van der Waals surface area contributed by atoms with Gasteiger partial charge in [-0.25, -0.2) is 4.39 Å². The average Bonchev–Trinajstić information content (AvgIpc) is 3.64. The van der Waals surface area contributed by atoms with Gasteiger partial charge in [0.15, 0.2) is 0 Å². The summed E-state index contributed by atoms with van der Waals surface area (Å²) in [5, 5.41) is 9.39. The molecule has 1 unspecified atom stereocenters. The Balaban J connectivity index is 1.32. The number of nitrogens with zero attached hydrogens (tertiary/aromatic N) is 3. The first-order valence-corrected chi connectivity index (χ1v) is 15.9. The molecule has 0 aliphatic carbocycles. The van der Waals surface area contributed by atoms with Crippen molar-refractivity contribution in [3.63, 3.8) is 0 Å². The fourth-order valence-electron chi connectivity index (χ4n) is 6.24. The van der Waals surface area contributed by atoms with E-state index >= 15 is 4.39 Å². The first-order valence-electron chi connectivity index (χ1n) is 15.0. The lowest BCUT2D eigenvalue weighted by molar-refractivity contribution is -0.137. The van der Waals surface area contributed by atoms with E-state index in [1.807, 2.05) is 0 Å². The number of carbonyl (C=O) groups is 2. The Labute approximate surface area is 263 Å². The monoisotopic (exact) mass is 640 g/mol. The van der Waals surface area contributed by atoms with Gasteiger partial charge in [0.1, 0.15) is 17.7 Å². The molecule has 2 fully saturated rings. The number of fused-ring (bicyclic) bond motifs is 7. The normalized spacial score (nSPS) is 24.1. The number of methoxy groups -OCH3 is 1. The van der Waals surface area contributed by atoms with Crippen molar-refractivity contribution >= 4 is 40.6 Å². The lowest BCUT2D eigenvalue weighted by Gasteiger charge is -2.36. The van der Waals surface area contributed by atoms with E-state index in [1.54, 1.807) is 51.9 Å². The van der Waals surface area contributed by atoms with E-state index in [4.69, 9.17) is 4.74 Å². The number of alkyl halides is 3. The third kappa shape index (κ3) is 6.82. The van der Waals surface area contributed by atoms with Crippen molar-refractivity contribution in [3.8, 4) is 17.6 Å². The molecule has 45 heavy (non-hydrogen) atoms. The minimum atomic E-state index is -2.66. The third-order valence-electron chi connectivity index (χ3n) is 8.54. The van der Waals surface area contributed by atoms with Crippen LogP contribution in [0.4, 0.5) is 24.7 Å². The van der Waals surface area contributed by atoms with E-state index in [0.29, 0.717) is 89.6 Å². The van der Waals surface area contributed by atoms with Crippen LogP contribution in [0.1, 0.15) is 28.8 Å². The van der Waals surface area contributed by atoms with Gasteiger partial charge in [-0.15, -0.1) is 0 Å². The smallest absolute Gasteiger partial charge is 0.289 e. The molecule has 1 aromatic carbocycles. The number of anilines is 2. The van der Waals surface area contributed by atoms with Gasteiger partial charge >= 0.3 is 0 Å². The molecule has 2 saturated heterocycles. The lowest BCUT2D eigenvalue weighted by atomic mass is 10.00. The van der Waals surface area contributed by atoms with Crippen LogP contribution in [-0.2, 0) is 4.79 Å². The van der Waals surface area contributed by atoms with Gasteiger partial charge in [0.2, 0.25) is 5.91 Å². The standard InChI is InChI=1S/C32H35F3N6O3S/c1-44-27-8-7-20-16-25(27)36-11-3-4-21-18-41-26(29(21)45-32(34)35)5-2-6-28(41)38-24-10-14-40(19-23(24)33)31(43)22-9-13-39(17-22)15-12-37-30(20)42/h2,5-8,16,18,22-24,32,36,38H,9-15,17,19H2,1H3,(H,37,42)/t22-,23-,24+/m0/s1. The highest BCUT2D eigenvalue weighted by molar-refractivity contribution is 7.99. The number of carbonyl (C=O) groups excluding carboxylic acids is 2. The summed E-state index contributed by atoms with van der Waals surface area (Å²) in [6.45, 7) is 2.88. The van der Waals surface area contributed by atoms with Crippen molar-refractivity contribution in [2.45, 2.75) is 35.7 Å². The van der Waals surface area contributed by atoms with Crippen LogP contribution in [0, 0.1) is 17.8 Å². The van der Waals surface area contributed by atoms with Gasteiger partial charge in [-0.2, -0.15) is 8.78 Å². The summed E-state index contributed by atoms with van der Waals surface area (Å²) in [5.41, 5.74) is 1.95. The number of amides is 2. The Kier molecular flexibility index (Phi) is 9.32. The van der Waals surface area contributed by atoms with E-state index in [0.717, 1.165) is 6.54 Å². The number of piperidine rings is 1. The first kappa shape index (κ1) is 31.0. The van der Waals surface area contributed by atoms with Crippen LogP contribution in [-0.4, -0.2) is 96.9 Å². The van der Waals surface area contributed by atoms with Gasteiger partial charge < -0.3 is 34.9 Å². The minimum Gasteiger partial charge on any atom is -0.495 e. The largest absolute Gasteiger partial charge is 0.495 e. The van der Waals surface area contributed by atoms with Crippen molar-refractivity contribution in [3.05, 3.63) is 53.7 Å². The van der Waals surface area contributed by atoms with Crippen molar-refractivity contribution in [2.24, 2.45) is 5.92 Å². The number of pyridine rings is 1. The molecule has 3 N–H and O–H groups in total. The molecular weight excluding hydrogens is 605 g/mol. The minimum absolute atomic E-state index is 0.00916. The Morgan fingerprint density at radius 2 is 1.93 bits per heavy atom. The molecule has 0 spiro atoms. The van der Waals surface area contributed by atoms with E-state index in [1.165, 1.54) is 7.11 Å². The fourth-order valence-corrected chi connectivity index (χ4v) is 6.94. The molecule has 238 valence electrons. The predicted octanol–water partition coefficient (Wildman–Crippen LogP) is 4.14. The Morgan fingerprint density at radius 1 is 1.07 bits per heavy atom. The topological polar surface area (TPSA) is 90.3 Å². The first-order chi connectivity index (χ1) is 21.8. The van der Waals surface area contributed by atoms with Gasteiger partial charge in [-0.05, 0) is 49.7 Å². The maximum Gasteiger partial charge on any atom is 0.289 e. The average molecular weight is 641 g/mol. The molecule has 4 aliphatic heterocycles. The number of nitrogens with one attached hydrogen (secondary N) is 3. The molecule has 4 aliphatic rings. The maximum absolute atomic E-state index is 15.5. The van der Waals surface area contributed by atoms with Crippen LogP contribution in [0.2, 0.25) is 0 Å². The summed E-state index contributed by atoms with van der Waals surface area (Å²) in [5.74, 6) is 3.93. The second-order valence-electron chi connectivity index (χ2n) is 11.4. The lowest BCUT2D eigenvalue weighted by Crippen LogP contribution is -2.51. The summed E-state index contributed by atoms with van der Waals surface area (Å²) in [4.78, 5) is 30.4. The second kappa shape index (κ2) is 13.5. The molecular formula is C32H35F3N6O3S. The Bertz CT molecular complexity index is 1640. The number of thioether (sulfide) groups is 1. The van der Waals surface area contributed by atoms with Gasteiger partial charge in [-0.1, -0.05) is 29.7 Å². The van der Waals surface area contributed by atoms with Gasteiger partial charge in [0.05, 0.1) is 53.8 Å². The zero-order valence-corrected chi connectivity index (χ0v) is 25.6. The van der Waals surface area contributed by atoms with E-state index < -0.39 is 18.0 Å². The highest BCUT2D eigenvalue weighted by Crippen LogP contribution is 2.35. The molecule has 0 radical (unpaired) electrons. The number of hydrogen-bond acceptors (Lipinski definition) is 7. The van der Waals surface area contributed by atoms with E-state index in [-0.39, 0.29) is 30.8 Å². The van der Waals surface area contributed by atoms with E-state index in [9.17, 15) is 18.4 Å². The summed E-state index contributed by atoms with van der Waals surface area (Å²) in [6.07, 6.45) is 1.47. The van der Waals surface area contributed by atoms with Crippen LogP contribution >= 0.6 is 11.8 Å². The molecule has 6 heterocycles. The summed E-state index contributed by atoms with van der Waals surface area (Å²) < 4.78 is 50.0. The van der Waals surface area contributed by atoms with E-state index in [2.05, 4.69) is 32.7 Å². The van der Waals surface area contributed by atoms with Crippen LogP contribution in [0.15, 0.2) is 47.5 Å². The zero-order valence-electron chi connectivity index (χ0n) is 24.8. The van der Waals surface area contributed by atoms with Crippen molar-refractivity contribution in [1.29, 1.82) is 0 Å². The number of ether oxygens (including phenoxy) is 1. The molecule has 2 aromatic heterocycles. The van der Waals surface area contributed by atoms with Gasteiger partial charge in [0.25, 0.3) is 11.7 Å². The number of benzene rings is 1. The molecule has 8 bridgehead atoms. The molecule has 0 saturated carbocycles. The molecule has 13 heteroatoms. The second-order valence-corrected chi connectivity index (χ2v) is 12.4. The highest BCUT2D eigenvalue weighted by Gasteiger charge is 2.37. The Hall–Kier alpha value is -4.02. The van der Waals surface area contributed by atoms with Crippen LogP contribution in [0.5, 0.6) is 5.75 Å². The summed E-state index contributed by atoms with van der Waals surface area (Å²) in [7, 11) is 1.53. The molecule has 9 nitrogen and oxygen atoms in total. The fraction of sp³-hybridized carbons (Fsp3) is 0.438. The Morgan fingerprint density at radius 3 is 2.73 bits per heavy atom. The number of hydrogen-bond donors (Lipinski definition) is 3. The maximum atomic E-state index is 15.5. The van der Waals surface area contributed by atoms with Crippen LogP contribution < -0.4 is 20.7 Å². The van der Waals surface area contributed by atoms with Crippen molar-refractivity contribution in [2.75, 3.05) is 63.6 Å². The highest BCUT2D eigenvalue weighted by atomic mass is 32.2. The SMILES string of the molecule is COc1ccc2cc1NCC#Cc1cn3c(cccc3c1SC(F)F)N[C@@H]1CCN(C[C@@H]1F)C(=O)[C@H]1CCN(CCNC2=O)C1. The number of rotatable bonds is 3. The quantitative estimate of drug-likeness (QED) is 0.293. The van der Waals surface area contributed by atoms with Gasteiger partial charge in [0, 0.05) is 37.9 Å². The van der Waals surface area contributed by atoms with Gasteiger partial charge in [-0.3, -0.25) is 9.59 Å². The summed E-state index contributed by atoms with van der Waals surface area (Å²) >= 11 is 0.415. The van der Waals surface area contributed by atoms with Crippen LogP contribution in [0.3, 0.4) is 0 Å².